The molecule has 0 spiro atoms. The van der Waals surface area contributed by atoms with Gasteiger partial charge in [0.15, 0.2) is 0 Å². The Bertz CT molecular complexity index is 563. The summed E-state index contributed by atoms with van der Waals surface area (Å²) in [5, 5.41) is 0. The van der Waals surface area contributed by atoms with Crippen LogP contribution in [0.2, 0.25) is 0 Å². The number of benzene rings is 2. The summed E-state index contributed by atoms with van der Waals surface area (Å²) in [7, 11) is 0. The molecule has 0 saturated heterocycles. The summed E-state index contributed by atoms with van der Waals surface area (Å²) < 4.78 is 44.4. The zero-order chi connectivity index (χ0) is 13.2. The van der Waals surface area contributed by atoms with Crippen LogP contribution < -0.4 is 61.6 Å². The average molecular weight is 355 g/mol. The number of para-hydroxylation sites is 2. The van der Waals surface area contributed by atoms with Crippen LogP contribution in [0.15, 0.2) is 53.0 Å². The third-order valence-corrected chi connectivity index (χ3v) is 2.98. The molecule has 0 aromatic heterocycles. The van der Waals surface area contributed by atoms with Crippen molar-refractivity contribution < 1.29 is 69.1 Å². The Morgan fingerprint density at radius 2 is 1.37 bits per heavy atom. The quantitative estimate of drug-likeness (QED) is 0.755. The molecule has 0 heterocycles. The van der Waals surface area contributed by atoms with E-state index in [4.69, 9.17) is 4.74 Å². The van der Waals surface area contributed by atoms with E-state index in [9.17, 15) is 12.9 Å². The minimum Gasteiger partial charge on any atom is -0.459 e. The molecule has 0 aliphatic carbocycles. The molecule has 2 rings (SSSR count). The first-order chi connectivity index (χ1) is 8.48. The van der Waals surface area contributed by atoms with Gasteiger partial charge in [0.25, 0.3) is 0 Å². The molecule has 0 aliphatic heterocycles. The fourth-order valence-corrected chi connectivity index (χ4v) is 1.86. The Hall–Kier alpha value is 0.211. The Morgan fingerprint density at radius 3 is 1.95 bits per heavy atom. The number of hydrogen-bond acceptors (Lipinski definition) is 1. The van der Waals surface area contributed by atoms with Crippen LogP contribution in [0.25, 0.3) is 0 Å². The maximum Gasteiger partial charge on any atom is 1.00 e. The maximum absolute atomic E-state index is 12.8. The molecular weight excluding hydrogens is 347 g/mol. The predicted molar refractivity (Wildman–Crippen MR) is 69.4 cm³/mol. The summed E-state index contributed by atoms with van der Waals surface area (Å²) in [6.07, 6.45) is 0. The largest absolute Gasteiger partial charge is 1.00 e. The topological polar surface area (TPSA) is 9.23 Å². The minimum absolute atomic E-state index is 0. The summed E-state index contributed by atoms with van der Waals surface area (Å²) in [4.78, 5) is 0. The van der Waals surface area contributed by atoms with E-state index in [0.717, 1.165) is 6.07 Å². The Kier molecular flexibility index (Phi) is 6.62. The van der Waals surface area contributed by atoms with E-state index in [-0.39, 0.29) is 57.1 Å². The fraction of sp³-hybridized carbons (Fsp3) is 0. The SMILES string of the molecule is F[B-](F)(F)c1ccccc1Oc1ccccc1Br.[K+]. The van der Waals surface area contributed by atoms with Gasteiger partial charge in [-0.1, -0.05) is 35.8 Å². The summed E-state index contributed by atoms with van der Waals surface area (Å²) in [5.74, 6) is 0.168. The van der Waals surface area contributed by atoms with Crippen molar-refractivity contribution in [2.24, 2.45) is 0 Å². The van der Waals surface area contributed by atoms with Crippen LogP contribution in [0.1, 0.15) is 0 Å². The van der Waals surface area contributed by atoms with Crippen LogP contribution in [0.4, 0.5) is 12.9 Å². The van der Waals surface area contributed by atoms with Crippen LogP contribution in [0, 0.1) is 0 Å². The van der Waals surface area contributed by atoms with Crippen LogP contribution in [0.3, 0.4) is 0 Å². The number of rotatable bonds is 3. The molecule has 0 bridgehead atoms. The summed E-state index contributed by atoms with van der Waals surface area (Å²) in [6, 6.07) is 11.9. The smallest absolute Gasteiger partial charge is 0.459 e. The fourth-order valence-electron chi connectivity index (χ4n) is 1.49. The monoisotopic (exact) mass is 354 g/mol. The van der Waals surface area contributed by atoms with Gasteiger partial charge in [-0.05, 0) is 34.1 Å². The van der Waals surface area contributed by atoms with Crippen molar-refractivity contribution in [1.82, 2.24) is 0 Å². The van der Waals surface area contributed by atoms with Gasteiger partial charge < -0.3 is 17.7 Å². The number of hydrogen-bond donors (Lipinski definition) is 0. The van der Waals surface area contributed by atoms with Gasteiger partial charge >= 0.3 is 58.4 Å². The van der Waals surface area contributed by atoms with Crippen molar-refractivity contribution in [3.63, 3.8) is 0 Å². The van der Waals surface area contributed by atoms with E-state index in [1.165, 1.54) is 18.2 Å². The minimum atomic E-state index is -5.09. The van der Waals surface area contributed by atoms with Gasteiger partial charge in [-0.3, -0.25) is 0 Å². The Labute approximate surface area is 160 Å². The standard InChI is InChI=1S/C12H8BBrF3O.K/c14-10-6-2-4-8-12(10)18-11-7-3-1-5-9(11)13(15,16)17;/h1-8H;/q-1;+1. The molecule has 0 N–H and O–H groups in total. The molecule has 0 amide bonds. The van der Waals surface area contributed by atoms with E-state index in [0.29, 0.717) is 10.2 Å². The second kappa shape index (κ2) is 7.29. The number of ether oxygens (including phenoxy) is 1. The second-order valence-electron chi connectivity index (χ2n) is 3.65. The molecule has 0 radical (unpaired) electrons. The summed E-state index contributed by atoms with van der Waals surface area (Å²) in [6.45, 7) is -5.09. The van der Waals surface area contributed by atoms with Crippen molar-refractivity contribution in [2.45, 2.75) is 0 Å². The van der Waals surface area contributed by atoms with Gasteiger partial charge in [0.1, 0.15) is 11.5 Å². The van der Waals surface area contributed by atoms with Crippen LogP contribution in [-0.2, 0) is 0 Å². The van der Waals surface area contributed by atoms with Gasteiger partial charge in [0.05, 0.1) is 4.47 Å². The summed E-state index contributed by atoms with van der Waals surface area (Å²) in [5.41, 5.74) is -0.728. The van der Waals surface area contributed by atoms with Crippen molar-refractivity contribution in [3.8, 4) is 11.5 Å². The van der Waals surface area contributed by atoms with Crippen molar-refractivity contribution in [2.75, 3.05) is 0 Å². The predicted octanol–water partition coefficient (Wildman–Crippen LogP) is 1.30. The molecule has 0 aliphatic rings. The van der Waals surface area contributed by atoms with Crippen molar-refractivity contribution >= 4 is 28.4 Å². The van der Waals surface area contributed by atoms with Crippen molar-refractivity contribution in [3.05, 3.63) is 53.0 Å². The molecule has 0 fully saturated rings. The van der Waals surface area contributed by atoms with Crippen LogP contribution in [-0.4, -0.2) is 6.98 Å². The normalized spacial score (nSPS) is 10.7. The molecule has 0 unspecified atom stereocenters. The second-order valence-corrected chi connectivity index (χ2v) is 4.50. The van der Waals surface area contributed by atoms with Crippen molar-refractivity contribution in [1.29, 1.82) is 0 Å². The van der Waals surface area contributed by atoms with Crippen LogP contribution >= 0.6 is 15.9 Å². The molecule has 0 saturated carbocycles. The van der Waals surface area contributed by atoms with Gasteiger partial charge in [-0.2, -0.15) is 0 Å². The third kappa shape index (κ3) is 4.61. The van der Waals surface area contributed by atoms with E-state index in [1.54, 1.807) is 24.3 Å². The van der Waals surface area contributed by atoms with E-state index >= 15 is 0 Å². The van der Waals surface area contributed by atoms with E-state index in [1.807, 2.05) is 0 Å². The first-order valence-electron chi connectivity index (χ1n) is 5.20. The molecular formula is C12H8BBrF3KO. The average Bonchev–Trinajstić information content (AvgIpc) is 2.31. The Balaban J connectivity index is 0.00000180. The van der Waals surface area contributed by atoms with Gasteiger partial charge in [0.2, 0.25) is 0 Å². The zero-order valence-electron chi connectivity index (χ0n) is 10.1. The summed E-state index contributed by atoms with van der Waals surface area (Å²) >= 11 is 3.23. The third-order valence-electron chi connectivity index (χ3n) is 2.33. The number of halogens is 4. The molecule has 7 heteroatoms. The first-order valence-corrected chi connectivity index (χ1v) is 5.99. The molecule has 2 aromatic carbocycles. The maximum atomic E-state index is 12.8. The van der Waals surface area contributed by atoms with Crippen LogP contribution in [0.5, 0.6) is 11.5 Å². The molecule has 0 atom stereocenters. The molecule has 1 nitrogen and oxygen atoms in total. The van der Waals surface area contributed by atoms with Gasteiger partial charge in [0, 0.05) is 0 Å². The van der Waals surface area contributed by atoms with E-state index < -0.39 is 12.4 Å². The van der Waals surface area contributed by atoms with Gasteiger partial charge in [-0.15, -0.1) is 0 Å². The molecule has 19 heavy (non-hydrogen) atoms. The van der Waals surface area contributed by atoms with Gasteiger partial charge in [-0.25, -0.2) is 0 Å². The Morgan fingerprint density at radius 1 is 0.842 bits per heavy atom. The molecule has 2 aromatic rings. The first kappa shape index (κ1) is 17.3. The van der Waals surface area contributed by atoms with E-state index in [2.05, 4.69) is 15.9 Å². The molecule has 94 valence electrons. The zero-order valence-corrected chi connectivity index (χ0v) is 14.8.